The van der Waals surface area contributed by atoms with Crippen LogP contribution in [0.5, 0.6) is 0 Å². The van der Waals surface area contributed by atoms with E-state index in [1.165, 1.54) is 16.2 Å². The quantitative estimate of drug-likeness (QED) is 0.786. The summed E-state index contributed by atoms with van der Waals surface area (Å²) < 4.78 is 0. The Balaban J connectivity index is 1.69. The highest BCUT2D eigenvalue weighted by Gasteiger charge is 2.15. The van der Waals surface area contributed by atoms with Gasteiger partial charge in [-0.1, -0.05) is 12.1 Å². The van der Waals surface area contributed by atoms with Gasteiger partial charge in [0.1, 0.15) is 5.82 Å². The minimum atomic E-state index is -0.311. The van der Waals surface area contributed by atoms with Crippen molar-refractivity contribution in [1.29, 1.82) is 0 Å². The Hall–Kier alpha value is -2.74. The molecule has 0 fully saturated rings. The van der Waals surface area contributed by atoms with Crippen LogP contribution < -0.4 is 10.6 Å². The van der Waals surface area contributed by atoms with Crippen LogP contribution in [0, 0.1) is 6.92 Å². The van der Waals surface area contributed by atoms with Crippen LogP contribution in [0.3, 0.4) is 0 Å². The lowest BCUT2D eigenvalue weighted by molar-refractivity contribution is -0.121. The number of amides is 3. The average Bonchev–Trinajstić information content (AvgIpc) is 3.08. The normalized spacial score (nSPS) is 10.2. The Kier molecular flexibility index (Phi) is 6.64. The van der Waals surface area contributed by atoms with E-state index in [1.54, 1.807) is 31.3 Å². The van der Waals surface area contributed by atoms with Gasteiger partial charge in [-0.3, -0.25) is 14.4 Å². The number of hydrogen-bond acceptors (Lipinski definition) is 5. The van der Waals surface area contributed by atoms with Gasteiger partial charge in [-0.25, -0.2) is 4.98 Å². The maximum absolute atomic E-state index is 12.0. The molecule has 2 rings (SSSR count). The zero-order chi connectivity index (χ0) is 18.2. The van der Waals surface area contributed by atoms with Crippen molar-refractivity contribution in [2.24, 2.45) is 0 Å². The second-order valence-corrected chi connectivity index (χ2v) is 6.40. The molecule has 0 spiro atoms. The van der Waals surface area contributed by atoms with Gasteiger partial charge in [0, 0.05) is 25.7 Å². The molecule has 132 valence electrons. The van der Waals surface area contributed by atoms with Gasteiger partial charge >= 0.3 is 0 Å². The monoisotopic (exact) mass is 360 g/mol. The first-order chi connectivity index (χ1) is 12.0. The SMILES string of the molecule is Cc1cccc(NC(=O)CCNC(=O)CN(C)C(=O)c2cccs2)n1. The molecule has 0 bridgehead atoms. The molecular weight excluding hydrogens is 340 g/mol. The van der Waals surface area contributed by atoms with E-state index in [0.29, 0.717) is 10.7 Å². The van der Waals surface area contributed by atoms with Gasteiger partial charge < -0.3 is 15.5 Å². The summed E-state index contributed by atoms with van der Waals surface area (Å²) in [5, 5.41) is 7.11. The van der Waals surface area contributed by atoms with Crippen molar-refractivity contribution >= 4 is 34.9 Å². The summed E-state index contributed by atoms with van der Waals surface area (Å²) in [6.07, 6.45) is 0.129. The number of likely N-dealkylation sites (N-methyl/N-ethyl adjacent to an activating group) is 1. The van der Waals surface area contributed by atoms with Crippen molar-refractivity contribution < 1.29 is 14.4 Å². The van der Waals surface area contributed by atoms with Crippen LogP contribution >= 0.6 is 11.3 Å². The number of pyridine rings is 1. The molecule has 0 saturated heterocycles. The van der Waals surface area contributed by atoms with Crippen LogP contribution in [0.2, 0.25) is 0 Å². The number of anilines is 1. The molecule has 0 atom stereocenters. The zero-order valence-corrected chi connectivity index (χ0v) is 14.9. The highest BCUT2D eigenvalue weighted by Crippen LogP contribution is 2.10. The van der Waals surface area contributed by atoms with E-state index in [4.69, 9.17) is 0 Å². The fourth-order valence-electron chi connectivity index (χ4n) is 2.06. The number of aromatic nitrogens is 1. The summed E-state index contributed by atoms with van der Waals surface area (Å²) in [5.41, 5.74) is 0.810. The Labute approximate surface area is 150 Å². The molecule has 0 aliphatic rings. The lowest BCUT2D eigenvalue weighted by Crippen LogP contribution is -2.39. The van der Waals surface area contributed by atoms with E-state index in [-0.39, 0.29) is 37.2 Å². The lowest BCUT2D eigenvalue weighted by Gasteiger charge is -2.15. The van der Waals surface area contributed by atoms with Crippen LogP contribution in [0.15, 0.2) is 35.7 Å². The highest BCUT2D eigenvalue weighted by atomic mass is 32.1. The molecule has 7 nitrogen and oxygen atoms in total. The molecule has 3 amide bonds. The minimum absolute atomic E-state index is 0.0578. The first-order valence-corrected chi connectivity index (χ1v) is 8.63. The van der Waals surface area contributed by atoms with Gasteiger partial charge in [-0.2, -0.15) is 0 Å². The predicted molar refractivity (Wildman–Crippen MR) is 96.5 cm³/mol. The summed E-state index contributed by atoms with van der Waals surface area (Å²) >= 11 is 1.33. The Morgan fingerprint density at radius 1 is 1.16 bits per heavy atom. The Bertz CT molecular complexity index is 746. The summed E-state index contributed by atoms with van der Waals surface area (Å²) in [5.74, 6) is -0.263. The van der Waals surface area contributed by atoms with Crippen molar-refractivity contribution in [3.05, 3.63) is 46.3 Å². The molecule has 0 aliphatic carbocycles. The zero-order valence-electron chi connectivity index (χ0n) is 14.1. The Morgan fingerprint density at radius 3 is 2.64 bits per heavy atom. The second kappa shape index (κ2) is 8.93. The fourth-order valence-corrected chi connectivity index (χ4v) is 2.78. The van der Waals surface area contributed by atoms with Crippen LogP contribution in [0.4, 0.5) is 5.82 Å². The third-order valence-corrected chi connectivity index (χ3v) is 4.15. The maximum atomic E-state index is 12.0. The topological polar surface area (TPSA) is 91.4 Å². The fraction of sp³-hybridized carbons (Fsp3) is 0.294. The molecule has 0 aliphatic heterocycles. The number of carbonyl (C=O) groups excluding carboxylic acids is 3. The summed E-state index contributed by atoms with van der Waals surface area (Å²) in [7, 11) is 1.57. The largest absolute Gasteiger partial charge is 0.354 e. The number of carbonyl (C=O) groups is 3. The Morgan fingerprint density at radius 2 is 1.96 bits per heavy atom. The smallest absolute Gasteiger partial charge is 0.264 e. The van der Waals surface area contributed by atoms with Gasteiger partial charge in [0.25, 0.3) is 5.91 Å². The lowest BCUT2D eigenvalue weighted by atomic mass is 10.3. The van der Waals surface area contributed by atoms with Crippen molar-refractivity contribution in [2.75, 3.05) is 25.5 Å². The molecule has 0 aromatic carbocycles. The molecular formula is C17H20N4O3S. The first-order valence-electron chi connectivity index (χ1n) is 7.75. The number of rotatable bonds is 7. The second-order valence-electron chi connectivity index (χ2n) is 5.45. The van der Waals surface area contributed by atoms with Gasteiger partial charge in [0.2, 0.25) is 11.8 Å². The molecule has 0 unspecified atom stereocenters. The van der Waals surface area contributed by atoms with E-state index in [1.807, 2.05) is 18.4 Å². The minimum Gasteiger partial charge on any atom is -0.354 e. The van der Waals surface area contributed by atoms with Gasteiger partial charge in [0.15, 0.2) is 0 Å². The van der Waals surface area contributed by atoms with Crippen LogP contribution in [0.25, 0.3) is 0 Å². The molecule has 8 heteroatoms. The number of aryl methyl sites for hydroxylation is 1. The summed E-state index contributed by atoms with van der Waals surface area (Å²) in [6, 6.07) is 8.84. The summed E-state index contributed by atoms with van der Waals surface area (Å²) in [4.78, 5) is 41.8. The molecule has 2 heterocycles. The van der Waals surface area contributed by atoms with Crippen LogP contribution in [0.1, 0.15) is 21.8 Å². The maximum Gasteiger partial charge on any atom is 0.264 e. The predicted octanol–water partition coefficient (Wildman–Crippen LogP) is 1.67. The third-order valence-electron chi connectivity index (χ3n) is 3.29. The third kappa shape index (κ3) is 6.00. The summed E-state index contributed by atoms with van der Waals surface area (Å²) in [6.45, 7) is 1.97. The average molecular weight is 360 g/mol. The first kappa shape index (κ1) is 18.6. The van der Waals surface area contributed by atoms with Crippen molar-refractivity contribution in [2.45, 2.75) is 13.3 Å². The standard InChI is InChI=1S/C17H20N4O3S/c1-12-5-3-7-14(19-12)20-15(22)8-9-18-16(23)11-21(2)17(24)13-6-4-10-25-13/h3-7,10H,8-9,11H2,1-2H3,(H,18,23)(H,19,20,22). The highest BCUT2D eigenvalue weighted by molar-refractivity contribution is 7.12. The van der Waals surface area contributed by atoms with E-state index < -0.39 is 0 Å². The van der Waals surface area contributed by atoms with Crippen LogP contribution in [-0.2, 0) is 9.59 Å². The molecule has 2 aromatic heterocycles. The number of nitrogens with one attached hydrogen (secondary N) is 2. The molecule has 2 aromatic rings. The van der Waals surface area contributed by atoms with Gasteiger partial charge in [0.05, 0.1) is 11.4 Å². The van der Waals surface area contributed by atoms with Crippen molar-refractivity contribution in [3.8, 4) is 0 Å². The van der Waals surface area contributed by atoms with E-state index >= 15 is 0 Å². The molecule has 0 radical (unpaired) electrons. The molecule has 2 N–H and O–H groups in total. The van der Waals surface area contributed by atoms with E-state index in [9.17, 15) is 14.4 Å². The number of thiophene rings is 1. The van der Waals surface area contributed by atoms with E-state index in [0.717, 1.165) is 5.69 Å². The van der Waals surface area contributed by atoms with Crippen molar-refractivity contribution in [3.63, 3.8) is 0 Å². The number of hydrogen-bond donors (Lipinski definition) is 2. The molecule has 0 saturated carbocycles. The number of nitrogens with zero attached hydrogens (tertiary/aromatic N) is 2. The molecule has 25 heavy (non-hydrogen) atoms. The van der Waals surface area contributed by atoms with E-state index in [2.05, 4.69) is 15.6 Å². The van der Waals surface area contributed by atoms with Crippen molar-refractivity contribution in [1.82, 2.24) is 15.2 Å². The van der Waals surface area contributed by atoms with Gasteiger partial charge in [-0.15, -0.1) is 11.3 Å². The van der Waals surface area contributed by atoms with Gasteiger partial charge in [-0.05, 0) is 30.5 Å². The van der Waals surface area contributed by atoms with Crippen LogP contribution in [-0.4, -0.2) is 47.7 Å².